The van der Waals surface area contributed by atoms with Crippen LogP contribution in [0.1, 0.15) is 54.9 Å². The van der Waals surface area contributed by atoms with Crippen molar-refractivity contribution in [2.24, 2.45) is 0 Å². The number of alkyl halides is 3. The molecule has 0 bridgehead atoms. The van der Waals surface area contributed by atoms with Crippen LogP contribution in [-0.4, -0.2) is 46.8 Å². The second-order valence-electron chi connectivity index (χ2n) is 7.12. The SMILES string of the molecule is CCN1C(=O)CCCC12CCCN(C(=O)c1ccc(C(F)(F)F)cc1)C2. The van der Waals surface area contributed by atoms with Crippen molar-refractivity contribution in [1.29, 1.82) is 0 Å². The van der Waals surface area contributed by atoms with Crippen LogP contribution in [0.25, 0.3) is 0 Å². The number of piperidine rings is 2. The zero-order valence-electron chi connectivity index (χ0n) is 14.8. The van der Waals surface area contributed by atoms with Crippen molar-refractivity contribution in [2.75, 3.05) is 19.6 Å². The number of carbonyl (C=O) groups is 2. The topological polar surface area (TPSA) is 40.6 Å². The average molecular weight is 368 g/mol. The van der Waals surface area contributed by atoms with E-state index in [0.717, 1.165) is 37.8 Å². The Morgan fingerprint density at radius 1 is 1.15 bits per heavy atom. The van der Waals surface area contributed by atoms with Crippen molar-refractivity contribution in [2.45, 2.75) is 50.7 Å². The van der Waals surface area contributed by atoms with Crippen molar-refractivity contribution >= 4 is 11.8 Å². The summed E-state index contributed by atoms with van der Waals surface area (Å²) in [5, 5.41) is 0. The lowest BCUT2D eigenvalue weighted by Gasteiger charge is -2.52. The molecule has 1 unspecified atom stereocenters. The molecule has 26 heavy (non-hydrogen) atoms. The lowest BCUT2D eigenvalue weighted by molar-refractivity contribution is -0.144. The van der Waals surface area contributed by atoms with Gasteiger partial charge in [0.1, 0.15) is 0 Å². The van der Waals surface area contributed by atoms with Crippen LogP contribution in [0, 0.1) is 0 Å². The van der Waals surface area contributed by atoms with Gasteiger partial charge in [-0.3, -0.25) is 9.59 Å². The first kappa shape index (κ1) is 18.7. The summed E-state index contributed by atoms with van der Waals surface area (Å²) >= 11 is 0. The molecule has 2 amide bonds. The van der Waals surface area contributed by atoms with Gasteiger partial charge in [0.05, 0.1) is 11.1 Å². The van der Waals surface area contributed by atoms with Crippen LogP contribution in [-0.2, 0) is 11.0 Å². The summed E-state index contributed by atoms with van der Waals surface area (Å²) in [6.45, 7) is 3.57. The Bertz CT molecular complexity index is 683. The van der Waals surface area contributed by atoms with Crippen LogP contribution in [0.3, 0.4) is 0 Å². The van der Waals surface area contributed by atoms with E-state index >= 15 is 0 Å². The summed E-state index contributed by atoms with van der Waals surface area (Å²) in [5.74, 6) is -0.144. The number of hydrogen-bond acceptors (Lipinski definition) is 2. The predicted molar refractivity (Wildman–Crippen MR) is 90.6 cm³/mol. The lowest BCUT2D eigenvalue weighted by atomic mass is 9.79. The van der Waals surface area contributed by atoms with Crippen LogP contribution < -0.4 is 0 Å². The number of hydrogen-bond donors (Lipinski definition) is 0. The predicted octanol–water partition coefficient (Wildman–Crippen LogP) is 3.71. The summed E-state index contributed by atoms with van der Waals surface area (Å²) in [4.78, 5) is 28.7. The summed E-state index contributed by atoms with van der Waals surface area (Å²) in [5.41, 5.74) is -0.844. The second-order valence-corrected chi connectivity index (χ2v) is 7.12. The van der Waals surface area contributed by atoms with Crippen LogP contribution >= 0.6 is 0 Å². The lowest BCUT2D eigenvalue weighted by Crippen LogP contribution is -2.63. The van der Waals surface area contributed by atoms with Crippen LogP contribution in [0.4, 0.5) is 13.2 Å². The summed E-state index contributed by atoms with van der Waals surface area (Å²) in [7, 11) is 0. The van der Waals surface area contributed by atoms with Crippen LogP contribution in [0.2, 0.25) is 0 Å². The van der Waals surface area contributed by atoms with E-state index in [-0.39, 0.29) is 22.9 Å². The van der Waals surface area contributed by atoms with Gasteiger partial charge in [-0.15, -0.1) is 0 Å². The molecule has 1 aromatic rings. The number of benzene rings is 1. The first-order chi connectivity index (χ1) is 12.3. The molecule has 4 nitrogen and oxygen atoms in total. The molecular weight excluding hydrogens is 345 g/mol. The minimum Gasteiger partial charge on any atom is -0.336 e. The van der Waals surface area contributed by atoms with Gasteiger partial charge in [0, 0.05) is 31.6 Å². The van der Waals surface area contributed by atoms with E-state index < -0.39 is 11.7 Å². The van der Waals surface area contributed by atoms with Gasteiger partial charge in [-0.25, -0.2) is 0 Å². The van der Waals surface area contributed by atoms with Gasteiger partial charge < -0.3 is 9.80 Å². The Labute approximate surface area is 151 Å². The molecule has 1 spiro atoms. The molecule has 2 heterocycles. The zero-order valence-corrected chi connectivity index (χ0v) is 14.8. The number of amides is 2. The highest BCUT2D eigenvalue weighted by Crippen LogP contribution is 2.37. The van der Waals surface area contributed by atoms with Crippen LogP contribution in [0.5, 0.6) is 0 Å². The fourth-order valence-electron chi connectivity index (χ4n) is 4.31. The molecule has 2 aliphatic heterocycles. The van der Waals surface area contributed by atoms with Crippen molar-refractivity contribution in [3.63, 3.8) is 0 Å². The van der Waals surface area contributed by atoms with E-state index in [4.69, 9.17) is 0 Å². The molecule has 142 valence electrons. The van der Waals surface area contributed by atoms with Gasteiger partial charge >= 0.3 is 6.18 Å². The number of carbonyl (C=O) groups excluding carboxylic acids is 2. The van der Waals surface area contributed by atoms with Gasteiger partial charge in [0.25, 0.3) is 5.91 Å². The van der Waals surface area contributed by atoms with E-state index in [1.807, 2.05) is 11.8 Å². The highest BCUT2D eigenvalue weighted by Gasteiger charge is 2.45. The average Bonchev–Trinajstić information content (AvgIpc) is 2.61. The van der Waals surface area contributed by atoms with E-state index in [0.29, 0.717) is 26.1 Å². The molecule has 3 rings (SSSR count). The number of nitrogens with zero attached hydrogens (tertiary/aromatic N) is 2. The monoisotopic (exact) mass is 368 g/mol. The summed E-state index contributed by atoms with van der Waals surface area (Å²) in [6.07, 6.45) is -0.538. The van der Waals surface area contributed by atoms with E-state index in [1.54, 1.807) is 4.90 Å². The van der Waals surface area contributed by atoms with Crippen LogP contribution in [0.15, 0.2) is 24.3 Å². The third kappa shape index (κ3) is 3.44. The molecule has 0 N–H and O–H groups in total. The smallest absolute Gasteiger partial charge is 0.336 e. The Balaban J connectivity index is 1.79. The maximum Gasteiger partial charge on any atom is 0.416 e. The Hall–Kier alpha value is -2.05. The fourth-order valence-corrected chi connectivity index (χ4v) is 4.31. The van der Waals surface area contributed by atoms with E-state index in [1.165, 1.54) is 12.1 Å². The molecular formula is C19H23F3N2O2. The van der Waals surface area contributed by atoms with Crippen molar-refractivity contribution < 1.29 is 22.8 Å². The molecule has 0 aromatic heterocycles. The second kappa shape index (κ2) is 6.93. The van der Waals surface area contributed by atoms with E-state index in [9.17, 15) is 22.8 Å². The molecule has 0 aliphatic carbocycles. The summed E-state index contributed by atoms with van der Waals surface area (Å²) < 4.78 is 38.1. The molecule has 7 heteroatoms. The van der Waals surface area contributed by atoms with Crippen molar-refractivity contribution in [3.05, 3.63) is 35.4 Å². The maximum absolute atomic E-state index is 12.8. The third-order valence-corrected chi connectivity index (χ3v) is 5.52. The van der Waals surface area contributed by atoms with Gasteiger partial charge in [-0.1, -0.05) is 0 Å². The number of likely N-dealkylation sites (N-methyl/N-ethyl adjacent to an activating group) is 1. The first-order valence-electron chi connectivity index (χ1n) is 9.04. The standard InChI is InChI=1S/C19H23F3N2O2/c1-2-24-16(25)5-3-10-18(24)11-4-12-23(13-18)17(26)14-6-8-15(9-7-14)19(20,21)22/h6-9H,2-5,10-13H2,1H3. The Kier molecular flexibility index (Phi) is 4.99. The molecule has 1 aromatic carbocycles. The maximum atomic E-state index is 12.8. The summed E-state index contributed by atoms with van der Waals surface area (Å²) in [6, 6.07) is 4.34. The highest BCUT2D eigenvalue weighted by molar-refractivity contribution is 5.94. The van der Waals surface area contributed by atoms with Gasteiger partial charge in [-0.2, -0.15) is 13.2 Å². The zero-order chi connectivity index (χ0) is 18.9. The number of halogens is 3. The molecule has 0 radical (unpaired) electrons. The van der Waals surface area contributed by atoms with Crippen molar-refractivity contribution in [3.8, 4) is 0 Å². The number of rotatable bonds is 2. The largest absolute Gasteiger partial charge is 0.416 e. The van der Waals surface area contributed by atoms with E-state index in [2.05, 4.69) is 0 Å². The Morgan fingerprint density at radius 2 is 1.81 bits per heavy atom. The Morgan fingerprint density at radius 3 is 2.42 bits per heavy atom. The van der Waals surface area contributed by atoms with Gasteiger partial charge in [0.15, 0.2) is 0 Å². The first-order valence-corrected chi connectivity index (χ1v) is 9.04. The molecule has 2 fully saturated rings. The third-order valence-electron chi connectivity index (χ3n) is 5.52. The molecule has 1 atom stereocenters. The van der Waals surface area contributed by atoms with Crippen molar-refractivity contribution in [1.82, 2.24) is 9.80 Å². The molecule has 2 saturated heterocycles. The van der Waals surface area contributed by atoms with Gasteiger partial charge in [-0.05, 0) is 56.9 Å². The van der Waals surface area contributed by atoms with Gasteiger partial charge in [0.2, 0.25) is 5.91 Å². The fraction of sp³-hybridized carbons (Fsp3) is 0.579. The normalized spacial score (nSPS) is 24.2. The number of likely N-dealkylation sites (tertiary alicyclic amines) is 2. The minimum absolute atomic E-state index is 0.127. The quantitative estimate of drug-likeness (QED) is 0.798. The minimum atomic E-state index is -4.42. The highest BCUT2D eigenvalue weighted by atomic mass is 19.4. The molecule has 0 saturated carbocycles. The molecule has 2 aliphatic rings.